The molecule has 0 saturated heterocycles. The van der Waals surface area contributed by atoms with Crippen LogP contribution in [0.1, 0.15) is 30.5 Å². The molecule has 0 spiro atoms. The molecule has 1 N–H and O–H groups in total. The van der Waals surface area contributed by atoms with Gasteiger partial charge in [0.15, 0.2) is 11.5 Å². The van der Waals surface area contributed by atoms with Crippen LogP contribution in [0.5, 0.6) is 17.2 Å². The van der Waals surface area contributed by atoms with Crippen molar-refractivity contribution in [3.05, 3.63) is 53.1 Å². The molecule has 3 aromatic rings. The molecule has 1 aliphatic rings. The van der Waals surface area contributed by atoms with Crippen molar-refractivity contribution in [3.8, 4) is 28.4 Å². The molecule has 0 aromatic heterocycles. The Morgan fingerprint density at radius 1 is 0.929 bits per heavy atom. The Kier molecular flexibility index (Phi) is 3.83. The minimum Gasteiger partial charge on any atom is -0.507 e. The molecule has 0 bridgehead atoms. The zero-order chi connectivity index (χ0) is 20.4. The fourth-order valence-corrected chi connectivity index (χ4v) is 4.18. The van der Waals surface area contributed by atoms with Crippen LogP contribution in [0.3, 0.4) is 0 Å². The van der Waals surface area contributed by atoms with E-state index in [0.717, 1.165) is 17.2 Å². The summed E-state index contributed by atoms with van der Waals surface area (Å²) < 4.78 is 50.9. The number of halogens is 3. The normalized spacial score (nSPS) is 14.7. The van der Waals surface area contributed by atoms with E-state index in [1.54, 1.807) is 18.2 Å². The lowest BCUT2D eigenvalue weighted by Crippen LogP contribution is -2.16. The second kappa shape index (κ2) is 5.80. The van der Waals surface area contributed by atoms with Crippen LogP contribution < -0.4 is 9.47 Å². The first-order valence-corrected chi connectivity index (χ1v) is 8.74. The molecule has 0 unspecified atom stereocenters. The summed E-state index contributed by atoms with van der Waals surface area (Å²) in [5, 5.41) is 11.8. The van der Waals surface area contributed by atoms with E-state index in [2.05, 4.69) is 0 Å². The molecule has 0 aliphatic heterocycles. The fourth-order valence-electron chi connectivity index (χ4n) is 4.18. The van der Waals surface area contributed by atoms with Gasteiger partial charge in [-0.3, -0.25) is 0 Å². The highest BCUT2D eigenvalue weighted by Crippen LogP contribution is 2.56. The molecular formula is C22H19F3O3. The summed E-state index contributed by atoms with van der Waals surface area (Å²) in [6.45, 7) is 3.71. The molecular weight excluding hydrogens is 369 g/mol. The number of alkyl halides is 3. The summed E-state index contributed by atoms with van der Waals surface area (Å²) in [5.41, 5.74) is 1.37. The molecule has 28 heavy (non-hydrogen) atoms. The summed E-state index contributed by atoms with van der Waals surface area (Å²) in [7, 11) is 3.02. The Morgan fingerprint density at radius 3 is 2.25 bits per heavy atom. The molecule has 146 valence electrons. The molecule has 0 fully saturated rings. The van der Waals surface area contributed by atoms with Crippen molar-refractivity contribution in [1.29, 1.82) is 0 Å². The van der Waals surface area contributed by atoms with E-state index in [-0.39, 0.29) is 5.75 Å². The van der Waals surface area contributed by atoms with Crippen LogP contribution in [-0.2, 0) is 11.6 Å². The number of hydrogen-bond donors (Lipinski definition) is 1. The van der Waals surface area contributed by atoms with Crippen molar-refractivity contribution in [2.45, 2.75) is 25.4 Å². The number of fused-ring (bicyclic) bond motifs is 5. The van der Waals surface area contributed by atoms with Gasteiger partial charge in [-0.1, -0.05) is 19.9 Å². The Bertz CT molecular complexity index is 1110. The number of rotatable bonds is 2. The number of ether oxygens (including phenoxy) is 2. The third-order valence-electron chi connectivity index (χ3n) is 5.58. The summed E-state index contributed by atoms with van der Waals surface area (Å²) >= 11 is 0. The molecule has 3 aromatic carbocycles. The fraction of sp³-hybridized carbons (Fsp3) is 0.273. The van der Waals surface area contributed by atoms with Gasteiger partial charge in [0, 0.05) is 16.2 Å². The Balaban J connectivity index is 2.16. The number of methoxy groups -OCH3 is 2. The minimum atomic E-state index is -4.43. The first-order chi connectivity index (χ1) is 13.1. The molecule has 1 aliphatic carbocycles. The van der Waals surface area contributed by atoms with Gasteiger partial charge >= 0.3 is 6.18 Å². The van der Waals surface area contributed by atoms with Crippen LogP contribution in [0.25, 0.3) is 21.9 Å². The third-order valence-corrected chi connectivity index (χ3v) is 5.58. The van der Waals surface area contributed by atoms with Gasteiger partial charge in [-0.2, -0.15) is 13.2 Å². The first kappa shape index (κ1) is 18.5. The van der Waals surface area contributed by atoms with Crippen LogP contribution in [-0.4, -0.2) is 19.3 Å². The smallest absolute Gasteiger partial charge is 0.416 e. The highest BCUT2D eigenvalue weighted by Gasteiger charge is 2.41. The number of phenolic OH excluding ortho intramolecular Hbond substituents is 1. The summed E-state index contributed by atoms with van der Waals surface area (Å²) in [6, 6.07) is 8.85. The van der Waals surface area contributed by atoms with E-state index in [1.165, 1.54) is 26.4 Å². The summed E-state index contributed by atoms with van der Waals surface area (Å²) in [4.78, 5) is 0. The maximum Gasteiger partial charge on any atom is 0.416 e. The van der Waals surface area contributed by atoms with Gasteiger partial charge in [0.1, 0.15) is 5.75 Å². The molecule has 4 rings (SSSR count). The van der Waals surface area contributed by atoms with E-state index in [9.17, 15) is 18.3 Å². The van der Waals surface area contributed by atoms with Crippen LogP contribution in [0.2, 0.25) is 0 Å². The Labute approximate surface area is 160 Å². The minimum absolute atomic E-state index is 0.0478. The van der Waals surface area contributed by atoms with Crippen molar-refractivity contribution in [1.82, 2.24) is 0 Å². The van der Waals surface area contributed by atoms with Crippen LogP contribution >= 0.6 is 0 Å². The molecule has 0 atom stereocenters. The van der Waals surface area contributed by atoms with Crippen LogP contribution in [0.4, 0.5) is 13.2 Å². The van der Waals surface area contributed by atoms with Gasteiger partial charge in [-0.25, -0.2) is 0 Å². The van der Waals surface area contributed by atoms with E-state index >= 15 is 0 Å². The second-order valence-electron chi connectivity index (χ2n) is 7.43. The van der Waals surface area contributed by atoms with Crippen molar-refractivity contribution in [2.24, 2.45) is 0 Å². The van der Waals surface area contributed by atoms with E-state index in [1.807, 2.05) is 13.8 Å². The molecule has 0 amide bonds. The zero-order valence-corrected chi connectivity index (χ0v) is 15.9. The van der Waals surface area contributed by atoms with Gasteiger partial charge in [0.05, 0.1) is 19.8 Å². The largest absolute Gasteiger partial charge is 0.507 e. The zero-order valence-electron chi connectivity index (χ0n) is 15.9. The summed E-state index contributed by atoms with van der Waals surface area (Å²) in [6.07, 6.45) is -4.43. The second-order valence-corrected chi connectivity index (χ2v) is 7.43. The Hall–Kier alpha value is -2.89. The van der Waals surface area contributed by atoms with Crippen LogP contribution in [0.15, 0.2) is 36.4 Å². The van der Waals surface area contributed by atoms with Gasteiger partial charge in [-0.05, 0) is 52.6 Å². The van der Waals surface area contributed by atoms with Gasteiger partial charge in [0.2, 0.25) is 0 Å². The maximum absolute atomic E-state index is 13.3. The first-order valence-electron chi connectivity index (χ1n) is 8.74. The topological polar surface area (TPSA) is 38.7 Å². The number of hydrogen-bond acceptors (Lipinski definition) is 3. The molecule has 0 heterocycles. The predicted molar refractivity (Wildman–Crippen MR) is 101 cm³/mol. The van der Waals surface area contributed by atoms with Crippen LogP contribution in [0, 0.1) is 0 Å². The van der Waals surface area contributed by atoms with E-state index in [0.29, 0.717) is 33.4 Å². The van der Waals surface area contributed by atoms with Crippen molar-refractivity contribution >= 4 is 10.8 Å². The SMILES string of the molecule is COc1ccc2c(O)cc3c(c2c1OC)-c1ccc(C(F)(F)F)cc1C3(C)C. The van der Waals surface area contributed by atoms with Crippen molar-refractivity contribution in [3.63, 3.8) is 0 Å². The third kappa shape index (κ3) is 2.37. The number of benzene rings is 3. The molecule has 0 radical (unpaired) electrons. The Morgan fingerprint density at radius 2 is 1.64 bits per heavy atom. The highest BCUT2D eigenvalue weighted by atomic mass is 19.4. The molecule has 6 heteroatoms. The van der Waals surface area contributed by atoms with E-state index < -0.39 is 17.2 Å². The monoisotopic (exact) mass is 388 g/mol. The van der Waals surface area contributed by atoms with Gasteiger partial charge in [0.25, 0.3) is 0 Å². The van der Waals surface area contributed by atoms with Gasteiger partial charge in [-0.15, -0.1) is 0 Å². The molecule has 0 saturated carbocycles. The standard InChI is InChI=1S/C22H19F3O3/c1-21(2)14-9-11(22(23,24)25)5-6-12(14)18-15(21)10-16(26)13-7-8-17(27-3)20(28-4)19(13)18/h5-10,26H,1-4H3. The average molecular weight is 388 g/mol. The van der Waals surface area contributed by atoms with E-state index in [4.69, 9.17) is 9.47 Å². The number of phenols is 1. The lowest BCUT2D eigenvalue weighted by atomic mass is 9.81. The predicted octanol–water partition coefficient (Wildman–Crippen LogP) is 5.89. The van der Waals surface area contributed by atoms with Gasteiger partial charge < -0.3 is 14.6 Å². The van der Waals surface area contributed by atoms with Crippen molar-refractivity contribution < 1.29 is 27.8 Å². The average Bonchev–Trinajstić information content (AvgIpc) is 2.87. The number of aromatic hydroxyl groups is 1. The van der Waals surface area contributed by atoms with Crippen molar-refractivity contribution in [2.75, 3.05) is 14.2 Å². The maximum atomic E-state index is 13.3. The quantitative estimate of drug-likeness (QED) is 0.595. The highest BCUT2D eigenvalue weighted by molar-refractivity contribution is 6.09. The molecule has 3 nitrogen and oxygen atoms in total. The lowest BCUT2D eigenvalue weighted by molar-refractivity contribution is -0.137. The lowest BCUT2D eigenvalue weighted by Gasteiger charge is -2.23. The summed E-state index contributed by atoms with van der Waals surface area (Å²) in [5.74, 6) is 0.975.